The van der Waals surface area contributed by atoms with E-state index in [1.165, 1.54) is 65.0 Å². The van der Waals surface area contributed by atoms with Crippen molar-refractivity contribution in [2.24, 2.45) is 0 Å². The average molecular weight is 655 g/mol. The summed E-state index contributed by atoms with van der Waals surface area (Å²) in [6.45, 7) is 0. The van der Waals surface area contributed by atoms with Crippen molar-refractivity contribution in [1.29, 1.82) is 0 Å². The molecule has 0 aromatic heterocycles. The first-order valence-electron chi connectivity index (χ1n) is 17.1. The lowest BCUT2D eigenvalue weighted by Crippen LogP contribution is -2.25. The summed E-state index contributed by atoms with van der Waals surface area (Å²) < 4.78 is 15.4. The molecule has 0 heterocycles. The molecule has 2 heteroatoms. The Kier molecular flexibility index (Phi) is 6.53. The molecule has 0 saturated heterocycles. The molecule has 1 nitrogen and oxygen atoms in total. The summed E-state index contributed by atoms with van der Waals surface area (Å²) >= 11 is 0. The molecular formula is C48H31OP. The van der Waals surface area contributed by atoms with Crippen LogP contribution in [0, 0.1) is 0 Å². The van der Waals surface area contributed by atoms with Gasteiger partial charge in [-0.1, -0.05) is 182 Å². The molecule has 234 valence electrons. The number of rotatable bonds is 5. The minimum atomic E-state index is -3.16. The van der Waals surface area contributed by atoms with Gasteiger partial charge in [0.2, 0.25) is 0 Å². The third-order valence-corrected chi connectivity index (χ3v) is 13.5. The molecule has 50 heavy (non-hydrogen) atoms. The highest BCUT2D eigenvalue weighted by Crippen LogP contribution is 2.48. The SMILES string of the molecule is O=P(c1ccccc1)(c1ccccc1)c1cccc(-c2c3ccccc3c(-c3ccc4ccc5cccc6ccc3c4c56)c3ccccc23)c1. The van der Waals surface area contributed by atoms with Gasteiger partial charge >= 0.3 is 0 Å². The zero-order chi connectivity index (χ0) is 33.2. The Balaban J connectivity index is 1.27. The van der Waals surface area contributed by atoms with Crippen LogP contribution in [-0.2, 0) is 4.57 Å². The maximum absolute atomic E-state index is 15.4. The van der Waals surface area contributed by atoms with E-state index in [-0.39, 0.29) is 0 Å². The predicted molar refractivity (Wildman–Crippen MR) is 215 cm³/mol. The molecule has 10 aromatic rings. The van der Waals surface area contributed by atoms with E-state index in [1.807, 2.05) is 66.7 Å². The monoisotopic (exact) mass is 654 g/mol. The minimum Gasteiger partial charge on any atom is -0.309 e. The second-order valence-corrected chi connectivity index (χ2v) is 15.9. The van der Waals surface area contributed by atoms with E-state index >= 15 is 4.57 Å². The fourth-order valence-corrected chi connectivity index (χ4v) is 11.0. The normalized spacial score (nSPS) is 12.1. The van der Waals surface area contributed by atoms with Crippen LogP contribution < -0.4 is 15.9 Å². The Bertz CT molecular complexity index is 2830. The van der Waals surface area contributed by atoms with Gasteiger partial charge in [0.05, 0.1) is 0 Å². The van der Waals surface area contributed by atoms with Crippen molar-refractivity contribution in [3.05, 3.63) is 188 Å². The van der Waals surface area contributed by atoms with Gasteiger partial charge in [0.1, 0.15) is 0 Å². The Morgan fingerprint density at radius 3 is 1.38 bits per heavy atom. The topological polar surface area (TPSA) is 17.1 Å². The second kappa shape index (κ2) is 11.3. The van der Waals surface area contributed by atoms with E-state index < -0.39 is 7.14 Å². The Morgan fingerprint density at radius 2 is 0.780 bits per heavy atom. The number of fused-ring (bicyclic) bond motifs is 2. The van der Waals surface area contributed by atoms with Gasteiger partial charge in [-0.15, -0.1) is 0 Å². The first-order chi connectivity index (χ1) is 24.7. The van der Waals surface area contributed by atoms with Gasteiger partial charge in [-0.2, -0.15) is 0 Å². The molecule has 10 rings (SSSR count). The summed E-state index contributed by atoms with van der Waals surface area (Å²) in [7, 11) is -3.16. The first-order valence-corrected chi connectivity index (χ1v) is 18.8. The summed E-state index contributed by atoms with van der Waals surface area (Å²) in [5, 5.41) is 15.0. The maximum Gasteiger partial charge on any atom is 0.171 e. The van der Waals surface area contributed by atoms with Crippen LogP contribution in [0.2, 0.25) is 0 Å². The third-order valence-electron chi connectivity index (χ3n) is 10.5. The van der Waals surface area contributed by atoms with Crippen molar-refractivity contribution >= 4 is 76.9 Å². The highest BCUT2D eigenvalue weighted by Gasteiger charge is 2.30. The molecule has 0 aliphatic carbocycles. The van der Waals surface area contributed by atoms with Gasteiger partial charge in [-0.25, -0.2) is 0 Å². The molecule has 0 spiro atoms. The fraction of sp³-hybridized carbons (Fsp3) is 0. The van der Waals surface area contributed by atoms with Crippen molar-refractivity contribution in [3.63, 3.8) is 0 Å². The van der Waals surface area contributed by atoms with Crippen LogP contribution in [0.1, 0.15) is 0 Å². The zero-order valence-corrected chi connectivity index (χ0v) is 28.1. The Labute approximate surface area is 290 Å². The Morgan fingerprint density at radius 1 is 0.320 bits per heavy atom. The highest BCUT2D eigenvalue weighted by atomic mass is 31.2. The van der Waals surface area contributed by atoms with Gasteiger partial charge in [0.15, 0.2) is 7.14 Å². The van der Waals surface area contributed by atoms with Gasteiger partial charge in [0, 0.05) is 15.9 Å². The molecule has 0 fully saturated rings. The van der Waals surface area contributed by atoms with E-state index in [0.717, 1.165) is 27.0 Å². The lowest BCUT2D eigenvalue weighted by Gasteiger charge is -2.22. The van der Waals surface area contributed by atoms with Crippen molar-refractivity contribution in [3.8, 4) is 22.3 Å². The Hall–Kier alpha value is -6.01. The van der Waals surface area contributed by atoms with E-state index in [4.69, 9.17) is 0 Å². The second-order valence-electron chi connectivity index (χ2n) is 13.1. The van der Waals surface area contributed by atoms with Crippen molar-refractivity contribution in [1.82, 2.24) is 0 Å². The van der Waals surface area contributed by atoms with Crippen LogP contribution >= 0.6 is 7.14 Å². The lowest BCUT2D eigenvalue weighted by molar-refractivity contribution is 0.592. The largest absolute Gasteiger partial charge is 0.309 e. The van der Waals surface area contributed by atoms with Crippen LogP contribution in [0.25, 0.3) is 76.1 Å². The summed E-state index contributed by atoms with van der Waals surface area (Å²) in [4.78, 5) is 0. The smallest absolute Gasteiger partial charge is 0.171 e. The van der Waals surface area contributed by atoms with E-state index in [0.29, 0.717) is 0 Å². The standard InChI is InChI=1S/C48H31OP/c49-50(36-16-3-1-4-17-36,37-18-5-2-6-19-37)38-20-12-15-35(31-38)46-39-21-7-9-23-41(39)48(42-24-10-8-22-40(42)46)44-30-28-34-26-25-32-13-11-14-33-27-29-43(44)47(34)45(32)33/h1-31H. The quantitative estimate of drug-likeness (QED) is 0.103. The fourth-order valence-electron chi connectivity index (χ4n) is 8.26. The van der Waals surface area contributed by atoms with Gasteiger partial charge in [-0.3, -0.25) is 0 Å². The number of hydrogen-bond donors (Lipinski definition) is 0. The first kappa shape index (κ1) is 29.0. The molecule has 0 saturated carbocycles. The zero-order valence-electron chi connectivity index (χ0n) is 27.3. The van der Waals surface area contributed by atoms with E-state index in [2.05, 4.69) is 121 Å². The van der Waals surface area contributed by atoms with Crippen LogP contribution in [0.5, 0.6) is 0 Å². The molecule has 0 aliphatic heterocycles. The molecule has 10 aromatic carbocycles. The number of hydrogen-bond acceptors (Lipinski definition) is 1. The number of benzene rings is 10. The summed E-state index contributed by atoms with van der Waals surface area (Å²) in [5.41, 5.74) is 4.70. The van der Waals surface area contributed by atoms with Crippen molar-refractivity contribution in [2.75, 3.05) is 0 Å². The van der Waals surface area contributed by atoms with E-state index in [9.17, 15) is 0 Å². The molecule has 0 N–H and O–H groups in total. The molecule has 0 atom stereocenters. The van der Waals surface area contributed by atoms with Crippen LogP contribution in [0.15, 0.2) is 188 Å². The average Bonchev–Trinajstić information content (AvgIpc) is 3.19. The molecule has 0 radical (unpaired) electrons. The third kappa shape index (κ3) is 4.24. The van der Waals surface area contributed by atoms with Gasteiger partial charge in [0.25, 0.3) is 0 Å². The lowest BCUT2D eigenvalue weighted by atomic mass is 9.83. The van der Waals surface area contributed by atoms with Crippen molar-refractivity contribution in [2.45, 2.75) is 0 Å². The summed E-state index contributed by atoms with van der Waals surface area (Å²) in [6, 6.07) is 66.2. The van der Waals surface area contributed by atoms with Crippen LogP contribution in [-0.4, -0.2) is 0 Å². The van der Waals surface area contributed by atoms with E-state index in [1.54, 1.807) is 0 Å². The predicted octanol–water partition coefficient (Wildman–Crippen LogP) is 11.9. The van der Waals surface area contributed by atoms with Gasteiger partial charge < -0.3 is 4.57 Å². The summed E-state index contributed by atoms with van der Waals surface area (Å²) in [6.07, 6.45) is 0. The highest BCUT2D eigenvalue weighted by molar-refractivity contribution is 7.85. The van der Waals surface area contributed by atoms with Crippen LogP contribution in [0.4, 0.5) is 0 Å². The molecule has 0 amide bonds. The van der Waals surface area contributed by atoms with Crippen LogP contribution in [0.3, 0.4) is 0 Å². The molecule has 0 aliphatic rings. The van der Waals surface area contributed by atoms with Crippen molar-refractivity contribution < 1.29 is 4.57 Å². The molecule has 0 bridgehead atoms. The van der Waals surface area contributed by atoms with Gasteiger partial charge in [-0.05, 0) is 82.2 Å². The molecular weight excluding hydrogens is 624 g/mol. The maximum atomic E-state index is 15.4. The molecule has 0 unspecified atom stereocenters. The minimum absolute atomic E-state index is 0.830. The summed E-state index contributed by atoms with van der Waals surface area (Å²) in [5.74, 6) is 0.